The molecule has 1 aromatic carbocycles. The van der Waals surface area contributed by atoms with Crippen LogP contribution in [0.2, 0.25) is 0 Å². The average molecular weight is 349 g/mol. The highest BCUT2D eigenvalue weighted by molar-refractivity contribution is 7.89. The average Bonchev–Trinajstić information content (AvgIpc) is 3.00. The van der Waals surface area contributed by atoms with Crippen LogP contribution >= 0.6 is 12.4 Å². The molecule has 3 rings (SSSR count). The van der Waals surface area contributed by atoms with Crippen LogP contribution in [-0.4, -0.2) is 52.7 Å². The molecule has 8 heteroatoms. The molecule has 2 aliphatic rings. The maximum atomic E-state index is 12.3. The van der Waals surface area contributed by atoms with Gasteiger partial charge in [0, 0.05) is 19.2 Å². The lowest BCUT2D eigenvalue weighted by atomic mass is 10.3. The molecule has 0 spiro atoms. The van der Waals surface area contributed by atoms with Gasteiger partial charge < -0.3 is 14.4 Å². The predicted molar refractivity (Wildman–Crippen MR) is 85.5 cm³/mol. The number of benzene rings is 1. The summed E-state index contributed by atoms with van der Waals surface area (Å²) in [6.07, 6.45) is 2.41. The van der Waals surface area contributed by atoms with E-state index in [9.17, 15) is 8.42 Å². The second kappa shape index (κ2) is 7.50. The van der Waals surface area contributed by atoms with Gasteiger partial charge in [-0.15, -0.1) is 12.4 Å². The van der Waals surface area contributed by atoms with Crippen molar-refractivity contribution < 1.29 is 17.9 Å². The summed E-state index contributed by atoms with van der Waals surface area (Å²) >= 11 is 0. The maximum Gasteiger partial charge on any atom is 0.240 e. The lowest BCUT2D eigenvalue weighted by Crippen LogP contribution is -2.33. The van der Waals surface area contributed by atoms with Gasteiger partial charge in [0.2, 0.25) is 10.0 Å². The molecule has 0 aliphatic carbocycles. The molecule has 22 heavy (non-hydrogen) atoms. The monoisotopic (exact) mass is 348 g/mol. The van der Waals surface area contributed by atoms with Gasteiger partial charge in [-0.3, -0.25) is 0 Å². The fraction of sp³-hybridized carbons (Fsp3) is 0.571. The molecular weight excluding hydrogens is 328 g/mol. The highest BCUT2D eigenvalue weighted by Gasteiger charge is 2.19. The molecule has 1 aromatic rings. The van der Waals surface area contributed by atoms with Crippen LogP contribution in [0.5, 0.6) is 11.5 Å². The first-order valence-corrected chi connectivity index (χ1v) is 8.75. The van der Waals surface area contributed by atoms with Crippen LogP contribution < -0.4 is 14.2 Å². The largest absolute Gasteiger partial charge is 0.486 e. The first-order chi connectivity index (χ1) is 10.1. The SMILES string of the molecule is Cl.O=S(=O)(NCCN1CCCC1)c1ccc2c(c1)OCCO2. The van der Waals surface area contributed by atoms with Gasteiger partial charge in [-0.05, 0) is 38.1 Å². The summed E-state index contributed by atoms with van der Waals surface area (Å²) in [4.78, 5) is 2.49. The Morgan fingerprint density at radius 3 is 2.50 bits per heavy atom. The molecule has 0 aromatic heterocycles. The van der Waals surface area contributed by atoms with Crippen molar-refractivity contribution >= 4 is 22.4 Å². The third-order valence-electron chi connectivity index (χ3n) is 3.74. The van der Waals surface area contributed by atoms with Gasteiger partial charge in [0.15, 0.2) is 11.5 Å². The second-order valence-electron chi connectivity index (χ2n) is 5.25. The predicted octanol–water partition coefficient (Wildman–Crippen LogP) is 1.25. The molecule has 0 bridgehead atoms. The molecule has 1 fully saturated rings. The lowest BCUT2D eigenvalue weighted by Gasteiger charge is -2.19. The van der Waals surface area contributed by atoms with Crippen LogP contribution in [0.25, 0.3) is 0 Å². The quantitative estimate of drug-likeness (QED) is 0.867. The van der Waals surface area contributed by atoms with Crippen molar-refractivity contribution in [3.63, 3.8) is 0 Å². The molecular formula is C14H21ClN2O4S. The summed E-state index contributed by atoms with van der Waals surface area (Å²) in [7, 11) is -3.50. The molecule has 0 radical (unpaired) electrons. The van der Waals surface area contributed by atoms with E-state index in [2.05, 4.69) is 9.62 Å². The first kappa shape index (κ1) is 17.3. The Morgan fingerprint density at radius 2 is 1.77 bits per heavy atom. The van der Waals surface area contributed by atoms with Crippen LogP contribution in [-0.2, 0) is 10.0 Å². The normalized spacial score (nSPS) is 18.0. The number of likely N-dealkylation sites (tertiary alicyclic amines) is 1. The van der Waals surface area contributed by atoms with Gasteiger partial charge in [-0.2, -0.15) is 0 Å². The van der Waals surface area contributed by atoms with Crippen molar-refractivity contribution in [3.8, 4) is 11.5 Å². The van der Waals surface area contributed by atoms with E-state index in [-0.39, 0.29) is 17.3 Å². The van der Waals surface area contributed by atoms with Gasteiger partial charge in [0.1, 0.15) is 13.2 Å². The van der Waals surface area contributed by atoms with E-state index in [4.69, 9.17) is 9.47 Å². The van der Waals surface area contributed by atoms with Gasteiger partial charge >= 0.3 is 0 Å². The van der Waals surface area contributed by atoms with E-state index in [1.807, 2.05) is 0 Å². The summed E-state index contributed by atoms with van der Waals surface area (Å²) in [5.74, 6) is 1.08. The Balaban J connectivity index is 0.00000176. The Hall–Kier alpha value is -1.02. The van der Waals surface area contributed by atoms with E-state index in [1.54, 1.807) is 12.1 Å². The highest BCUT2D eigenvalue weighted by Crippen LogP contribution is 2.32. The van der Waals surface area contributed by atoms with Crippen molar-refractivity contribution in [2.24, 2.45) is 0 Å². The fourth-order valence-corrected chi connectivity index (χ4v) is 3.65. The van der Waals surface area contributed by atoms with Crippen LogP contribution in [0.15, 0.2) is 23.1 Å². The molecule has 2 aliphatic heterocycles. The van der Waals surface area contributed by atoms with E-state index in [1.165, 1.54) is 18.9 Å². The summed E-state index contributed by atoms with van der Waals surface area (Å²) in [5.41, 5.74) is 0. The molecule has 1 N–H and O–H groups in total. The van der Waals surface area contributed by atoms with E-state index in [0.717, 1.165) is 19.6 Å². The summed E-state index contributed by atoms with van der Waals surface area (Å²) < 4.78 is 38.0. The first-order valence-electron chi connectivity index (χ1n) is 7.27. The number of hydrogen-bond acceptors (Lipinski definition) is 5. The Kier molecular flexibility index (Phi) is 5.91. The number of nitrogens with zero attached hydrogens (tertiary/aromatic N) is 1. The number of fused-ring (bicyclic) bond motifs is 1. The fourth-order valence-electron chi connectivity index (χ4n) is 2.62. The summed E-state index contributed by atoms with van der Waals surface area (Å²) in [6.45, 7) is 4.24. The van der Waals surface area contributed by atoms with Crippen LogP contribution in [0.3, 0.4) is 0 Å². The van der Waals surface area contributed by atoms with Crippen molar-refractivity contribution in [2.75, 3.05) is 39.4 Å². The third kappa shape index (κ3) is 4.04. The number of ether oxygens (including phenoxy) is 2. The zero-order valence-corrected chi connectivity index (χ0v) is 13.9. The zero-order valence-electron chi connectivity index (χ0n) is 12.3. The molecule has 0 atom stereocenters. The van der Waals surface area contributed by atoms with Crippen LogP contribution in [0, 0.1) is 0 Å². The Labute approximate surface area is 137 Å². The number of sulfonamides is 1. The van der Waals surface area contributed by atoms with Gasteiger partial charge in [-0.1, -0.05) is 0 Å². The zero-order chi connectivity index (χ0) is 14.7. The molecule has 1 saturated heterocycles. The lowest BCUT2D eigenvalue weighted by molar-refractivity contribution is 0.171. The number of halogens is 1. The second-order valence-corrected chi connectivity index (χ2v) is 7.02. The van der Waals surface area contributed by atoms with E-state index >= 15 is 0 Å². The third-order valence-corrected chi connectivity index (χ3v) is 5.20. The van der Waals surface area contributed by atoms with E-state index < -0.39 is 10.0 Å². The number of nitrogens with one attached hydrogen (secondary N) is 1. The number of rotatable bonds is 5. The number of hydrogen-bond donors (Lipinski definition) is 1. The standard InChI is InChI=1S/C14H20N2O4S.ClH/c17-21(18,15-5-8-16-6-1-2-7-16)12-3-4-13-14(11-12)20-10-9-19-13;/h3-4,11,15H,1-2,5-10H2;1H. The topological polar surface area (TPSA) is 67.9 Å². The van der Waals surface area contributed by atoms with Crippen molar-refractivity contribution in [1.82, 2.24) is 9.62 Å². The van der Waals surface area contributed by atoms with Crippen molar-refractivity contribution in [3.05, 3.63) is 18.2 Å². The van der Waals surface area contributed by atoms with Crippen LogP contribution in [0.4, 0.5) is 0 Å². The molecule has 6 nitrogen and oxygen atoms in total. The van der Waals surface area contributed by atoms with Crippen LogP contribution in [0.1, 0.15) is 12.8 Å². The summed E-state index contributed by atoms with van der Waals surface area (Å²) in [6, 6.07) is 4.71. The summed E-state index contributed by atoms with van der Waals surface area (Å²) in [5, 5.41) is 0. The molecule has 124 valence electrons. The van der Waals surface area contributed by atoms with E-state index in [0.29, 0.717) is 31.3 Å². The van der Waals surface area contributed by atoms with Gasteiger partial charge in [-0.25, -0.2) is 13.1 Å². The Morgan fingerprint density at radius 1 is 1.09 bits per heavy atom. The van der Waals surface area contributed by atoms with Crippen molar-refractivity contribution in [2.45, 2.75) is 17.7 Å². The van der Waals surface area contributed by atoms with Gasteiger partial charge in [0.05, 0.1) is 4.90 Å². The smallest absolute Gasteiger partial charge is 0.240 e. The molecule has 0 amide bonds. The molecule has 0 saturated carbocycles. The molecule has 2 heterocycles. The van der Waals surface area contributed by atoms with Crippen molar-refractivity contribution in [1.29, 1.82) is 0 Å². The highest BCUT2D eigenvalue weighted by atomic mass is 35.5. The Bertz CT molecular complexity index is 603. The molecule has 0 unspecified atom stereocenters. The van der Waals surface area contributed by atoms with Gasteiger partial charge in [0.25, 0.3) is 0 Å². The maximum absolute atomic E-state index is 12.3. The minimum Gasteiger partial charge on any atom is -0.486 e. The minimum absolute atomic E-state index is 0. The minimum atomic E-state index is -3.50.